The van der Waals surface area contributed by atoms with Gasteiger partial charge in [0, 0.05) is 13.1 Å². The predicted octanol–water partition coefficient (Wildman–Crippen LogP) is 1.23. The minimum Gasteiger partial charge on any atom is -0.351 e. The molecular weight excluding hydrogens is 286 g/mol. The molecule has 1 aromatic rings. The highest BCUT2D eigenvalue weighted by Crippen LogP contribution is 2.35. The van der Waals surface area contributed by atoms with Gasteiger partial charge in [0.05, 0.1) is 17.1 Å². The van der Waals surface area contributed by atoms with Gasteiger partial charge in [-0.25, -0.2) is 9.97 Å². The molecule has 0 spiro atoms. The molecule has 1 aliphatic heterocycles. The van der Waals surface area contributed by atoms with E-state index >= 15 is 0 Å². The van der Waals surface area contributed by atoms with E-state index in [1.165, 1.54) is 11.2 Å². The smallest absolute Gasteiger partial charge is 0.351 e. The number of aromatic nitrogens is 2. The van der Waals surface area contributed by atoms with Gasteiger partial charge in [-0.2, -0.15) is 10.5 Å². The number of rotatable bonds is 5. The fourth-order valence-electron chi connectivity index (χ4n) is 2.47. The third-order valence-electron chi connectivity index (χ3n) is 3.44. The van der Waals surface area contributed by atoms with Crippen molar-refractivity contribution in [3.63, 3.8) is 0 Å². The van der Waals surface area contributed by atoms with Crippen molar-refractivity contribution in [3.8, 4) is 12.1 Å². The maximum Gasteiger partial charge on any atom is 0.353 e. The number of nitriles is 2. The van der Waals surface area contributed by atoms with Gasteiger partial charge in [0.1, 0.15) is 19.4 Å². The van der Waals surface area contributed by atoms with Crippen molar-refractivity contribution in [2.45, 2.75) is 19.3 Å². The van der Waals surface area contributed by atoms with E-state index in [1.54, 1.807) is 0 Å². The third-order valence-corrected chi connectivity index (χ3v) is 3.44. The van der Waals surface area contributed by atoms with Crippen LogP contribution in [-0.2, 0) is 0 Å². The lowest BCUT2D eigenvalue weighted by molar-refractivity contribution is -0.383. The van der Waals surface area contributed by atoms with Crippen LogP contribution in [0.4, 0.5) is 17.3 Å². The fourth-order valence-corrected chi connectivity index (χ4v) is 2.47. The first-order chi connectivity index (χ1) is 10.7. The lowest BCUT2D eigenvalue weighted by Crippen LogP contribution is -2.32. The standard InChI is InChI=1S/C13H15N7O2/c14-4-8-19(9-5-15)13-11(20(21)22)12(16-10-17-13)18-6-2-1-3-7-18/h10H,1-3,6-9H2. The summed E-state index contributed by atoms with van der Waals surface area (Å²) in [6.07, 6.45) is 4.25. The molecule has 0 aliphatic carbocycles. The van der Waals surface area contributed by atoms with Crippen molar-refractivity contribution < 1.29 is 4.92 Å². The van der Waals surface area contributed by atoms with Crippen molar-refractivity contribution in [2.75, 3.05) is 36.0 Å². The summed E-state index contributed by atoms with van der Waals surface area (Å²) < 4.78 is 0. The van der Waals surface area contributed by atoms with Crippen LogP contribution >= 0.6 is 0 Å². The molecule has 22 heavy (non-hydrogen) atoms. The van der Waals surface area contributed by atoms with Crippen LogP contribution in [0.15, 0.2) is 6.33 Å². The number of hydrogen-bond acceptors (Lipinski definition) is 8. The summed E-state index contributed by atoms with van der Waals surface area (Å²) in [4.78, 5) is 22.1. The second-order valence-electron chi connectivity index (χ2n) is 4.85. The third kappa shape index (κ3) is 3.20. The van der Waals surface area contributed by atoms with E-state index in [1.807, 2.05) is 17.0 Å². The van der Waals surface area contributed by atoms with E-state index in [2.05, 4.69) is 9.97 Å². The van der Waals surface area contributed by atoms with Crippen LogP contribution < -0.4 is 9.80 Å². The van der Waals surface area contributed by atoms with Crippen LogP contribution in [0.1, 0.15) is 19.3 Å². The van der Waals surface area contributed by atoms with Gasteiger partial charge < -0.3 is 9.80 Å². The Kier molecular flexibility index (Phi) is 5.04. The molecule has 1 aliphatic rings. The van der Waals surface area contributed by atoms with Crippen molar-refractivity contribution in [1.29, 1.82) is 10.5 Å². The van der Waals surface area contributed by atoms with E-state index < -0.39 is 4.92 Å². The molecule has 0 unspecified atom stereocenters. The Morgan fingerprint density at radius 3 is 2.41 bits per heavy atom. The van der Waals surface area contributed by atoms with Crippen molar-refractivity contribution in [2.24, 2.45) is 0 Å². The molecule has 0 atom stereocenters. The van der Waals surface area contributed by atoms with E-state index in [9.17, 15) is 10.1 Å². The SMILES string of the molecule is N#CCN(CC#N)c1ncnc(N2CCCCC2)c1[N+](=O)[O-]. The molecule has 1 aromatic heterocycles. The normalized spacial score (nSPS) is 14.0. The highest BCUT2D eigenvalue weighted by molar-refractivity contribution is 5.71. The zero-order valence-corrected chi connectivity index (χ0v) is 12.0. The molecule has 2 rings (SSSR count). The van der Waals surface area contributed by atoms with Gasteiger partial charge >= 0.3 is 5.69 Å². The molecule has 0 N–H and O–H groups in total. The van der Waals surface area contributed by atoms with Crippen molar-refractivity contribution in [1.82, 2.24) is 9.97 Å². The predicted molar refractivity (Wildman–Crippen MR) is 78.2 cm³/mol. The first-order valence-corrected chi connectivity index (χ1v) is 6.92. The second kappa shape index (κ2) is 7.18. The average molecular weight is 301 g/mol. The maximum absolute atomic E-state index is 11.5. The molecule has 1 saturated heterocycles. The molecule has 1 fully saturated rings. The Morgan fingerprint density at radius 1 is 1.23 bits per heavy atom. The molecule has 9 heteroatoms. The molecule has 0 bridgehead atoms. The van der Waals surface area contributed by atoms with Gasteiger partial charge in [0.25, 0.3) is 0 Å². The number of nitrogens with zero attached hydrogens (tertiary/aromatic N) is 7. The van der Waals surface area contributed by atoms with E-state index in [4.69, 9.17) is 10.5 Å². The molecule has 0 saturated carbocycles. The highest BCUT2D eigenvalue weighted by atomic mass is 16.6. The lowest BCUT2D eigenvalue weighted by atomic mass is 10.1. The second-order valence-corrected chi connectivity index (χ2v) is 4.85. The Balaban J connectivity index is 2.47. The van der Waals surface area contributed by atoms with Crippen LogP contribution in [0.3, 0.4) is 0 Å². The minimum atomic E-state index is -0.541. The first kappa shape index (κ1) is 15.4. The number of hydrogen-bond donors (Lipinski definition) is 0. The van der Waals surface area contributed by atoms with Gasteiger partial charge in [-0.1, -0.05) is 0 Å². The minimum absolute atomic E-state index is 0.0173. The zero-order chi connectivity index (χ0) is 15.9. The Hall–Kier alpha value is -2.94. The van der Waals surface area contributed by atoms with E-state index in [-0.39, 0.29) is 30.4 Å². The summed E-state index contributed by atoms with van der Waals surface area (Å²) in [6, 6.07) is 3.79. The summed E-state index contributed by atoms with van der Waals surface area (Å²) in [7, 11) is 0. The molecule has 0 radical (unpaired) electrons. The van der Waals surface area contributed by atoms with E-state index in [0.717, 1.165) is 19.3 Å². The molecule has 9 nitrogen and oxygen atoms in total. The lowest BCUT2D eigenvalue weighted by Gasteiger charge is -2.28. The molecule has 2 heterocycles. The summed E-state index contributed by atoms with van der Waals surface area (Å²) in [6.45, 7) is 1.11. The summed E-state index contributed by atoms with van der Waals surface area (Å²) in [5, 5.41) is 29.2. The number of anilines is 2. The quantitative estimate of drug-likeness (QED) is 0.452. The average Bonchev–Trinajstić information content (AvgIpc) is 2.54. The van der Waals surface area contributed by atoms with Gasteiger partial charge in [0.2, 0.25) is 11.6 Å². The topological polar surface area (TPSA) is 123 Å². The number of nitro groups is 1. The van der Waals surface area contributed by atoms with Gasteiger partial charge in [0.15, 0.2) is 0 Å². The summed E-state index contributed by atoms with van der Waals surface area (Å²) in [5.74, 6) is 0.277. The largest absolute Gasteiger partial charge is 0.353 e. The van der Waals surface area contributed by atoms with Crippen molar-refractivity contribution in [3.05, 3.63) is 16.4 Å². The van der Waals surface area contributed by atoms with E-state index in [0.29, 0.717) is 13.1 Å². The van der Waals surface area contributed by atoms with Crippen LogP contribution in [-0.4, -0.2) is 41.1 Å². The van der Waals surface area contributed by atoms with Crippen LogP contribution in [0.25, 0.3) is 0 Å². The number of piperidine rings is 1. The van der Waals surface area contributed by atoms with Gasteiger partial charge in [-0.05, 0) is 19.3 Å². The maximum atomic E-state index is 11.5. The molecule has 0 aromatic carbocycles. The van der Waals surface area contributed by atoms with Crippen LogP contribution in [0, 0.1) is 32.8 Å². The summed E-state index contributed by atoms with van der Waals surface area (Å²) in [5.41, 5.74) is -0.241. The Morgan fingerprint density at radius 2 is 1.86 bits per heavy atom. The Bertz CT molecular complexity index is 612. The highest BCUT2D eigenvalue weighted by Gasteiger charge is 2.30. The van der Waals surface area contributed by atoms with Crippen LogP contribution in [0.2, 0.25) is 0 Å². The van der Waals surface area contributed by atoms with Gasteiger partial charge in [-0.3, -0.25) is 10.1 Å². The zero-order valence-electron chi connectivity index (χ0n) is 12.0. The van der Waals surface area contributed by atoms with Crippen LogP contribution in [0.5, 0.6) is 0 Å². The summed E-state index contributed by atoms with van der Waals surface area (Å²) >= 11 is 0. The molecule has 0 amide bonds. The Labute approximate surface area is 127 Å². The fraction of sp³-hybridized carbons (Fsp3) is 0.538. The monoisotopic (exact) mass is 301 g/mol. The molecular formula is C13H15N7O2. The van der Waals surface area contributed by atoms with Crippen molar-refractivity contribution >= 4 is 17.3 Å². The first-order valence-electron chi connectivity index (χ1n) is 6.92. The van der Waals surface area contributed by atoms with Gasteiger partial charge in [-0.15, -0.1) is 0 Å². The molecule has 114 valence electrons.